The first-order valence-electron chi connectivity index (χ1n) is 45.6. The molecular formula is C88H172O17P2. The van der Waals surface area contributed by atoms with E-state index in [4.69, 9.17) is 37.0 Å². The van der Waals surface area contributed by atoms with Crippen molar-refractivity contribution in [1.82, 2.24) is 0 Å². The minimum atomic E-state index is -4.97. The number of phosphoric ester groups is 2. The molecule has 0 spiro atoms. The molecule has 0 aliphatic carbocycles. The summed E-state index contributed by atoms with van der Waals surface area (Å²) in [7, 11) is -9.93. The van der Waals surface area contributed by atoms with Crippen LogP contribution < -0.4 is 0 Å². The predicted molar refractivity (Wildman–Crippen MR) is 442 cm³/mol. The Morgan fingerprint density at radius 3 is 0.636 bits per heavy atom. The standard InChI is InChI=1S/C88H172O17P2/c1-6-9-12-15-18-21-24-26-28-30-32-34-38-42-47-52-57-62-67-72-86(91)99-78-84(105-88(93)74-69-64-59-54-49-44-40-36-35-37-41-46-50-55-60-65-70-81(4)5)80-103-107(96,97)101-76-82(89)75-100-106(94,95)102-79-83(77-98-85(90)71-66-61-56-51-45-23-20-17-14-11-8-3)104-87(92)73-68-63-58-53-48-43-39-33-31-29-27-25-22-19-16-13-10-7-2/h81-84,89H,6-80H2,1-5H3,(H,94,95)(H,96,97)/t82-,83+,84+/m0/s1. The molecule has 636 valence electrons. The molecule has 0 bridgehead atoms. The molecule has 0 aliphatic rings. The highest BCUT2D eigenvalue weighted by atomic mass is 31.2. The van der Waals surface area contributed by atoms with Gasteiger partial charge in [-0.2, -0.15) is 0 Å². The molecule has 0 amide bonds. The van der Waals surface area contributed by atoms with Crippen LogP contribution in [0.3, 0.4) is 0 Å². The fraction of sp³-hybridized carbons (Fsp3) is 0.955. The number of unbranched alkanes of at least 4 members (excludes halogenated alkanes) is 60. The molecule has 5 atom stereocenters. The lowest BCUT2D eigenvalue weighted by atomic mass is 10.0. The van der Waals surface area contributed by atoms with E-state index in [1.54, 1.807) is 0 Å². The van der Waals surface area contributed by atoms with Gasteiger partial charge in [0.2, 0.25) is 0 Å². The minimum Gasteiger partial charge on any atom is -0.462 e. The molecule has 0 radical (unpaired) electrons. The lowest BCUT2D eigenvalue weighted by Gasteiger charge is -2.21. The number of ether oxygens (including phenoxy) is 4. The molecule has 0 heterocycles. The topological polar surface area (TPSA) is 237 Å². The van der Waals surface area contributed by atoms with Crippen molar-refractivity contribution in [2.45, 2.75) is 496 Å². The Bertz CT molecular complexity index is 2030. The second-order valence-corrected chi connectivity index (χ2v) is 35.0. The zero-order valence-electron chi connectivity index (χ0n) is 70.3. The summed E-state index contributed by atoms with van der Waals surface area (Å²) in [5.41, 5.74) is 0. The molecule has 107 heavy (non-hydrogen) atoms. The molecular weight excluding hydrogens is 1390 g/mol. The van der Waals surface area contributed by atoms with Gasteiger partial charge in [0.15, 0.2) is 12.2 Å². The smallest absolute Gasteiger partial charge is 0.462 e. The molecule has 19 heteroatoms. The van der Waals surface area contributed by atoms with Crippen molar-refractivity contribution in [2.75, 3.05) is 39.6 Å². The highest BCUT2D eigenvalue weighted by molar-refractivity contribution is 7.47. The van der Waals surface area contributed by atoms with Gasteiger partial charge in [0.1, 0.15) is 19.3 Å². The average Bonchev–Trinajstić information content (AvgIpc) is 0.905. The molecule has 0 aromatic rings. The van der Waals surface area contributed by atoms with Crippen LogP contribution in [0, 0.1) is 5.92 Å². The summed E-state index contributed by atoms with van der Waals surface area (Å²) in [5.74, 6) is -1.29. The van der Waals surface area contributed by atoms with Gasteiger partial charge in [-0.05, 0) is 31.6 Å². The summed E-state index contributed by atoms with van der Waals surface area (Å²) < 4.78 is 69.0. The van der Waals surface area contributed by atoms with Crippen molar-refractivity contribution in [1.29, 1.82) is 0 Å². The predicted octanol–water partition coefficient (Wildman–Crippen LogP) is 27.2. The maximum absolute atomic E-state index is 13.2. The molecule has 2 unspecified atom stereocenters. The van der Waals surface area contributed by atoms with E-state index >= 15 is 0 Å². The van der Waals surface area contributed by atoms with Gasteiger partial charge < -0.3 is 33.8 Å². The van der Waals surface area contributed by atoms with Crippen molar-refractivity contribution in [3.63, 3.8) is 0 Å². The Morgan fingerprint density at radius 1 is 0.252 bits per heavy atom. The van der Waals surface area contributed by atoms with E-state index in [0.29, 0.717) is 25.7 Å². The van der Waals surface area contributed by atoms with Crippen molar-refractivity contribution >= 4 is 39.5 Å². The number of phosphoric acid groups is 2. The molecule has 0 aromatic heterocycles. The van der Waals surface area contributed by atoms with Crippen LogP contribution in [0.25, 0.3) is 0 Å². The van der Waals surface area contributed by atoms with Crippen LogP contribution in [-0.2, 0) is 65.4 Å². The molecule has 0 aromatic carbocycles. The number of hydrogen-bond acceptors (Lipinski definition) is 15. The Hall–Kier alpha value is -1.94. The Morgan fingerprint density at radius 2 is 0.430 bits per heavy atom. The van der Waals surface area contributed by atoms with Crippen molar-refractivity contribution in [3.05, 3.63) is 0 Å². The summed E-state index contributed by atoms with van der Waals surface area (Å²) in [5, 5.41) is 10.7. The lowest BCUT2D eigenvalue weighted by molar-refractivity contribution is -0.161. The third-order valence-corrected chi connectivity index (χ3v) is 22.7. The minimum absolute atomic E-state index is 0.109. The second-order valence-electron chi connectivity index (χ2n) is 32.1. The van der Waals surface area contributed by atoms with E-state index in [9.17, 15) is 43.2 Å². The van der Waals surface area contributed by atoms with E-state index in [0.717, 1.165) is 95.8 Å². The van der Waals surface area contributed by atoms with Crippen LogP contribution >= 0.6 is 15.6 Å². The maximum Gasteiger partial charge on any atom is 0.472 e. The van der Waals surface area contributed by atoms with Crippen LogP contribution in [-0.4, -0.2) is 96.7 Å². The van der Waals surface area contributed by atoms with Gasteiger partial charge >= 0.3 is 39.5 Å². The van der Waals surface area contributed by atoms with E-state index in [-0.39, 0.29) is 25.7 Å². The van der Waals surface area contributed by atoms with Gasteiger partial charge in [-0.1, -0.05) is 426 Å². The Labute approximate surface area is 658 Å². The first kappa shape index (κ1) is 105. The quantitative estimate of drug-likeness (QED) is 0.0222. The third-order valence-electron chi connectivity index (χ3n) is 20.8. The van der Waals surface area contributed by atoms with Crippen LogP contribution in [0.15, 0.2) is 0 Å². The molecule has 17 nitrogen and oxygen atoms in total. The normalized spacial score (nSPS) is 13.7. The molecule has 0 saturated heterocycles. The van der Waals surface area contributed by atoms with Crippen LogP contribution in [0.4, 0.5) is 0 Å². The number of carbonyl (C=O) groups is 4. The monoisotopic (exact) mass is 1560 g/mol. The number of aliphatic hydroxyl groups is 1. The van der Waals surface area contributed by atoms with E-state index in [2.05, 4.69) is 34.6 Å². The van der Waals surface area contributed by atoms with Crippen molar-refractivity contribution in [3.8, 4) is 0 Å². The van der Waals surface area contributed by atoms with Crippen molar-refractivity contribution in [2.24, 2.45) is 5.92 Å². The van der Waals surface area contributed by atoms with E-state index < -0.39 is 97.5 Å². The fourth-order valence-corrected chi connectivity index (χ4v) is 15.4. The summed E-state index contributed by atoms with van der Waals surface area (Å²) in [6.07, 6.45) is 74.9. The van der Waals surface area contributed by atoms with Gasteiger partial charge in [0.25, 0.3) is 0 Å². The van der Waals surface area contributed by atoms with Gasteiger partial charge in [0, 0.05) is 25.7 Å². The second kappa shape index (κ2) is 80.7. The lowest BCUT2D eigenvalue weighted by Crippen LogP contribution is -2.30. The zero-order valence-corrected chi connectivity index (χ0v) is 72.1. The largest absolute Gasteiger partial charge is 0.472 e. The number of rotatable bonds is 88. The van der Waals surface area contributed by atoms with E-state index in [1.807, 2.05) is 0 Å². The first-order valence-corrected chi connectivity index (χ1v) is 48.6. The highest BCUT2D eigenvalue weighted by Gasteiger charge is 2.30. The Balaban J connectivity index is 5.24. The van der Waals surface area contributed by atoms with E-state index in [1.165, 1.54) is 302 Å². The van der Waals surface area contributed by atoms with Crippen LogP contribution in [0.1, 0.15) is 478 Å². The van der Waals surface area contributed by atoms with Gasteiger partial charge in [-0.15, -0.1) is 0 Å². The van der Waals surface area contributed by atoms with Crippen LogP contribution in [0.2, 0.25) is 0 Å². The summed E-state index contributed by atoms with van der Waals surface area (Å²) in [4.78, 5) is 73.3. The number of hydrogen-bond donors (Lipinski definition) is 3. The van der Waals surface area contributed by atoms with Gasteiger partial charge in [-0.25, -0.2) is 9.13 Å². The van der Waals surface area contributed by atoms with Crippen LogP contribution in [0.5, 0.6) is 0 Å². The number of carbonyl (C=O) groups excluding carboxylic acids is 4. The van der Waals surface area contributed by atoms with Gasteiger partial charge in [0.05, 0.1) is 26.4 Å². The summed E-state index contributed by atoms with van der Waals surface area (Å²) in [6, 6.07) is 0. The molecule has 0 rings (SSSR count). The zero-order chi connectivity index (χ0) is 78.3. The summed E-state index contributed by atoms with van der Waals surface area (Å²) >= 11 is 0. The SMILES string of the molecule is CCCCCCCCCCCCCCCCCCCCCC(=O)OC[C@H](COP(=O)(O)OC[C@@H](O)COP(=O)(O)OC[C@@H](COC(=O)CCCCCCCCCCCCC)OC(=O)CCCCCCCCCCCCCCCCCCCC)OC(=O)CCCCCCCCCCCCCCCCCCC(C)C. The third kappa shape index (κ3) is 81.9. The molecule has 0 fully saturated rings. The molecule has 3 N–H and O–H groups in total. The first-order chi connectivity index (χ1) is 52.0. The van der Waals surface area contributed by atoms with Crippen molar-refractivity contribution < 1.29 is 80.2 Å². The highest BCUT2D eigenvalue weighted by Crippen LogP contribution is 2.45. The number of aliphatic hydroxyl groups excluding tert-OH is 1. The molecule has 0 aliphatic heterocycles. The Kier molecular flexibility index (Phi) is 79.2. The fourth-order valence-electron chi connectivity index (χ4n) is 13.8. The molecule has 0 saturated carbocycles. The van der Waals surface area contributed by atoms with Gasteiger partial charge in [-0.3, -0.25) is 37.3 Å². The summed E-state index contributed by atoms with van der Waals surface area (Å²) in [6.45, 7) is 7.41. The maximum atomic E-state index is 13.2. The number of esters is 4. The average molecular weight is 1560 g/mol.